The van der Waals surface area contributed by atoms with Gasteiger partial charge in [0.2, 0.25) is 5.03 Å². The standard InChI is InChI=1S/C6H10N2OS/c1-5-3-6(10(2)9)8-7-4-5/h3-4,7-8H,1-2H3. The normalized spacial score (nSPS) is 19.9. The molecule has 1 heterocycles. The lowest BCUT2D eigenvalue weighted by Gasteiger charge is -2.15. The zero-order valence-electron chi connectivity index (χ0n) is 5.97. The first kappa shape index (κ1) is 7.50. The molecule has 10 heavy (non-hydrogen) atoms. The zero-order chi connectivity index (χ0) is 7.56. The molecule has 0 aromatic carbocycles. The third-order valence-electron chi connectivity index (χ3n) is 1.16. The Bertz CT molecular complexity index is 186. The van der Waals surface area contributed by atoms with Crippen LogP contribution in [-0.4, -0.2) is 10.8 Å². The molecule has 0 amide bonds. The smallest absolute Gasteiger partial charge is 0.237 e. The second-order valence-corrected chi connectivity index (χ2v) is 3.47. The molecule has 1 aliphatic rings. The molecule has 1 atom stereocenters. The summed E-state index contributed by atoms with van der Waals surface area (Å²) in [6.07, 6.45) is 5.31. The lowest BCUT2D eigenvalue weighted by atomic mass is 10.3. The number of rotatable bonds is 1. The summed E-state index contributed by atoms with van der Waals surface area (Å²) in [6, 6.07) is 0. The first-order chi connectivity index (χ1) is 4.70. The van der Waals surface area contributed by atoms with Crippen LogP contribution in [0.2, 0.25) is 0 Å². The fourth-order valence-corrected chi connectivity index (χ4v) is 1.21. The van der Waals surface area contributed by atoms with Crippen molar-refractivity contribution in [3.05, 3.63) is 22.9 Å². The van der Waals surface area contributed by atoms with Gasteiger partial charge in [-0.3, -0.25) is 5.43 Å². The molecule has 4 heteroatoms. The minimum atomic E-state index is -0.926. The molecular formula is C6H10N2OS. The molecule has 0 aromatic rings. The van der Waals surface area contributed by atoms with Crippen molar-refractivity contribution in [2.75, 3.05) is 6.26 Å². The molecule has 0 saturated carbocycles. The Morgan fingerprint density at radius 1 is 1.60 bits per heavy atom. The quantitative estimate of drug-likeness (QED) is 0.537. The van der Waals surface area contributed by atoms with Crippen molar-refractivity contribution in [2.24, 2.45) is 0 Å². The van der Waals surface area contributed by atoms with E-state index in [9.17, 15) is 4.55 Å². The lowest BCUT2D eigenvalue weighted by Crippen LogP contribution is -2.32. The topological polar surface area (TPSA) is 47.1 Å². The van der Waals surface area contributed by atoms with Gasteiger partial charge in [0.15, 0.2) is 0 Å². The Labute approximate surface area is 63.3 Å². The highest BCUT2D eigenvalue weighted by atomic mass is 32.2. The van der Waals surface area contributed by atoms with Gasteiger partial charge in [-0.05, 0) is 12.5 Å². The second kappa shape index (κ2) is 2.98. The van der Waals surface area contributed by atoms with Crippen molar-refractivity contribution in [3.8, 4) is 0 Å². The van der Waals surface area contributed by atoms with E-state index in [0.717, 1.165) is 10.6 Å². The van der Waals surface area contributed by atoms with Gasteiger partial charge in [-0.1, -0.05) is 0 Å². The van der Waals surface area contributed by atoms with Crippen LogP contribution in [0.15, 0.2) is 22.9 Å². The SMILES string of the molecule is CC1=CNNC([S+](C)[O-])=C1. The van der Waals surface area contributed by atoms with Crippen LogP contribution in [0.4, 0.5) is 0 Å². The van der Waals surface area contributed by atoms with Crippen LogP contribution >= 0.6 is 0 Å². The molecule has 0 radical (unpaired) electrons. The second-order valence-electron chi connectivity index (χ2n) is 2.12. The molecule has 1 rings (SSSR count). The van der Waals surface area contributed by atoms with Crippen molar-refractivity contribution in [2.45, 2.75) is 6.92 Å². The molecule has 0 bridgehead atoms. The Kier molecular flexibility index (Phi) is 2.24. The maximum atomic E-state index is 10.9. The van der Waals surface area contributed by atoms with E-state index in [1.807, 2.05) is 19.2 Å². The Morgan fingerprint density at radius 2 is 2.30 bits per heavy atom. The average molecular weight is 158 g/mol. The summed E-state index contributed by atoms with van der Waals surface area (Å²) >= 11 is -0.926. The van der Waals surface area contributed by atoms with Crippen molar-refractivity contribution in [3.63, 3.8) is 0 Å². The highest BCUT2D eigenvalue weighted by molar-refractivity contribution is 7.94. The van der Waals surface area contributed by atoms with Crippen LogP contribution in [-0.2, 0) is 11.2 Å². The summed E-state index contributed by atoms with van der Waals surface area (Å²) < 4.78 is 10.9. The molecule has 56 valence electrons. The van der Waals surface area contributed by atoms with E-state index in [1.54, 1.807) is 6.26 Å². The van der Waals surface area contributed by atoms with Crippen LogP contribution in [0.3, 0.4) is 0 Å². The summed E-state index contributed by atoms with van der Waals surface area (Å²) in [7, 11) is 0. The molecular weight excluding hydrogens is 148 g/mol. The average Bonchev–Trinajstić information content (AvgIpc) is 1.88. The van der Waals surface area contributed by atoms with Crippen LogP contribution in [0, 0.1) is 0 Å². The Morgan fingerprint density at radius 3 is 2.70 bits per heavy atom. The van der Waals surface area contributed by atoms with Crippen molar-refractivity contribution < 1.29 is 4.55 Å². The first-order valence-electron chi connectivity index (χ1n) is 2.93. The maximum absolute atomic E-state index is 10.9. The maximum Gasteiger partial charge on any atom is 0.237 e. The molecule has 0 fully saturated rings. The van der Waals surface area contributed by atoms with E-state index in [0.29, 0.717) is 0 Å². The van der Waals surface area contributed by atoms with Gasteiger partial charge < -0.3 is 9.98 Å². The van der Waals surface area contributed by atoms with Crippen molar-refractivity contribution in [1.82, 2.24) is 10.9 Å². The van der Waals surface area contributed by atoms with E-state index in [2.05, 4.69) is 10.9 Å². The molecule has 0 aliphatic carbocycles. The van der Waals surface area contributed by atoms with E-state index in [-0.39, 0.29) is 0 Å². The Balaban J connectivity index is 2.69. The fraction of sp³-hybridized carbons (Fsp3) is 0.333. The molecule has 3 nitrogen and oxygen atoms in total. The van der Waals surface area contributed by atoms with E-state index in [1.165, 1.54) is 0 Å². The van der Waals surface area contributed by atoms with E-state index in [4.69, 9.17) is 0 Å². The lowest BCUT2D eigenvalue weighted by molar-refractivity contribution is 0.597. The molecule has 2 N–H and O–H groups in total. The van der Waals surface area contributed by atoms with Gasteiger partial charge in [0.1, 0.15) is 6.26 Å². The third-order valence-corrected chi connectivity index (χ3v) is 2.00. The molecule has 1 aliphatic heterocycles. The molecule has 1 unspecified atom stereocenters. The van der Waals surface area contributed by atoms with E-state index >= 15 is 0 Å². The predicted octanol–water partition coefficient (Wildman–Crippen LogP) is 0.218. The van der Waals surface area contributed by atoms with Gasteiger partial charge in [0.05, 0.1) is 0 Å². The van der Waals surface area contributed by atoms with Gasteiger partial charge in [-0.25, -0.2) is 0 Å². The largest absolute Gasteiger partial charge is 0.610 e. The first-order valence-corrected chi connectivity index (χ1v) is 4.49. The monoisotopic (exact) mass is 158 g/mol. The molecule has 0 aromatic heterocycles. The van der Waals surface area contributed by atoms with E-state index < -0.39 is 11.2 Å². The van der Waals surface area contributed by atoms with Crippen LogP contribution in [0.5, 0.6) is 0 Å². The summed E-state index contributed by atoms with van der Waals surface area (Å²) in [6.45, 7) is 1.95. The highest BCUT2D eigenvalue weighted by Gasteiger charge is 2.09. The minimum Gasteiger partial charge on any atom is -0.610 e. The van der Waals surface area contributed by atoms with Crippen LogP contribution < -0.4 is 10.9 Å². The number of hydrogen-bond donors (Lipinski definition) is 2. The summed E-state index contributed by atoms with van der Waals surface area (Å²) in [5.41, 5.74) is 6.65. The molecule has 0 saturated heterocycles. The highest BCUT2D eigenvalue weighted by Crippen LogP contribution is 2.06. The zero-order valence-corrected chi connectivity index (χ0v) is 6.79. The van der Waals surface area contributed by atoms with Gasteiger partial charge in [-0.2, -0.15) is 0 Å². The van der Waals surface area contributed by atoms with Crippen LogP contribution in [0.25, 0.3) is 0 Å². The van der Waals surface area contributed by atoms with Gasteiger partial charge in [0.25, 0.3) is 0 Å². The summed E-state index contributed by atoms with van der Waals surface area (Å²) in [4.78, 5) is 0. The third kappa shape index (κ3) is 1.68. The number of allylic oxidation sites excluding steroid dienone is 2. The summed E-state index contributed by atoms with van der Waals surface area (Å²) in [5, 5.41) is 0.722. The number of hydrogen-bond acceptors (Lipinski definition) is 3. The number of hydrazine groups is 1. The number of nitrogens with one attached hydrogen (secondary N) is 2. The Hall–Kier alpha value is -0.610. The fourth-order valence-electron chi connectivity index (χ4n) is 0.660. The van der Waals surface area contributed by atoms with Gasteiger partial charge >= 0.3 is 0 Å². The van der Waals surface area contributed by atoms with Gasteiger partial charge in [0, 0.05) is 23.5 Å². The van der Waals surface area contributed by atoms with Crippen molar-refractivity contribution in [1.29, 1.82) is 0 Å². The van der Waals surface area contributed by atoms with Gasteiger partial charge in [-0.15, -0.1) is 0 Å². The predicted molar refractivity (Wildman–Crippen MR) is 42.2 cm³/mol. The van der Waals surface area contributed by atoms with Crippen molar-refractivity contribution >= 4 is 11.2 Å². The van der Waals surface area contributed by atoms with Crippen LogP contribution in [0.1, 0.15) is 6.92 Å². The summed E-state index contributed by atoms with van der Waals surface area (Å²) in [5.74, 6) is 0. The minimum absolute atomic E-state index is 0.722. The molecule has 0 spiro atoms.